The molecule has 3 aromatic rings. The number of rotatable bonds is 7. The van der Waals surface area contributed by atoms with E-state index in [4.69, 9.17) is 23.2 Å². The highest BCUT2D eigenvalue weighted by Gasteiger charge is 2.11. The Morgan fingerprint density at radius 2 is 1.85 bits per heavy atom. The number of carbonyl (C=O) groups excluding carboxylic acids is 1. The second kappa shape index (κ2) is 12.7. The second-order valence-electron chi connectivity index (χ2n) is 7.60. The number of ketones is 1. The molecule has 0 aliphatic heterocycles. The van der Waals surface area contributed by atoms with E-state index >= 15 is 0 Å². The van der Waals surface area contributed by atoms with Gasteiger partial charge >= 0.3 is 0 Å². The van der Waals surface area contributed by atoms with E-state index in [9.17, 15) is 4.79 Å². The van der Waals surface area contributed by atoms with E-state index in [0.29, 0.717) is 21.3 Å². The zero-order valence-electron chi connectivity index (χ0n) is 19.7. The molecule has 0 bridgehead atoms. The van der Waals surface area contributed by atoms with Gasteiger partial charge in [0.25, 0.3) is 0 Å². The first-order valence-corrected chi connectivity index (χ1v) is 12.2. The molecule has 174 valence electrons. The van der Waals surface area contributed by atoms with E-state index < -0.39 is 0 Å². The Morgan fingerprint density at radius 3 is 2.42 bits per heavy atom. The Labute approximate surface area is 210 Å². The number of hydrogen-bond donors (Lipinski definition) is 0. The van der Waals surface area contributed by atoms with Crippen LogP contribution in [0.25, 0.3) is 5.70 Å². The fourth-order valence-corrected chi connectivity index (χ4v) is 4.09. The van der Waals surface area contributed by atoms with Crippen molar-refractivity contribution in [2.45, 2.75) is 34.1 Å². The smallest absolute Gasteiger partial charge is 0.162 e. The number of aliphatic imine (C=N–C) groups is 1. The number of carbonyl (C=O) groups is 1. The first kappa shape index (κ1) is 26.8. The number of aromatic nitrogens is 1. The Balaban J connectivity index is 0.000000405. The number of pyridine rings is 1. The molecule has 0 amide bonds. The minimum absolute atomic E-state index is 0.0458. The first-order valence-electron chi connectivity index (χ1n) is 10.6. The normalized spacial score (nSPS) is 10.9. The molecule has 4 nitrogen and oxygen atoms in total. The molecule has 0 saturated heterocycles. The van der Waals surface area contributed by atoms with Crippen LogP contribution in [0.2, 0.25) is 10.0 Å². The molecular weight excluding hydrogens is 473 g/mol. The van der Waals surface area contributed by atoms with Gasteiger partial charge in [-0.3, -0.25) is 14.8 Å². The van der Waals surface area contributed by atoms with Gasteiger partial charge in [0.1, 0.15) is 0 Å². The third-order valence-electron chi connectivity index (χ3n) is 4.81. The van der Waals surface area contributed by atoms with Crippen molar-refractivity contribution in [3.63, 3.8) is 0 Å². The molecule has 7 heteroatoms. The number of hydrogen-bond acceptors (Lipinski definition) is 5. The van der Waals surface area contributed by atoms with Gasteiger partial charge in [0.15, 0.2) is 5.78 Å². The van der Waals surface area contributed by atoms with Crippen LogP contribution < -0.4 is 0 Å². The predicted molar refractivity (Wildman–Crippen MR) is 144 cm³/mol. The van der Waals surface area contributed by atoms with E-state index in [1.165, 1.54) is 6.92 Å². The van der Waals surface area contributed by atoms with Crippen LogP contribution in [-0.4, -0.2) is 35.0 Å². The van der Waals surface area contributed by atoms with Crippen LogP contribution in [0.15, 0.2) is 59.5 Å². The lowest BCUT2D eigenvalue weighted by Crippen LogP contribution is -2.16. The zero-order valence-corrected chi connectivity index (χ0v) is 22.0. The molecule has 0 atom stereocenters. The predicted octanol–water partition coefficient (Wildman–Crippen LogP) is 8.10. The van der Waals surface area contributed by atoms with Crippen molar-refractivity contribution in [1.82, 2.24) is 9.88 Å². The monoisotopic (exact) mass is 501 g/mol. The van der Waals surface area contributed by atoms with Gasteiger partial charge in [-0.25, -0.2) is 0 Å². The fraction of sp³-hybridized carbons (Fsp3) is 0.269. The van der Waals surface area contributed by atoms with Crippen LogP contribution in [0.5, 0.6) is 0 Å². The molecule has 1 aromatic carbocycles. The van der Waals surface area contributed by atoms with E-state index in [0.717, 1.165) is 40.5 Å². The summed E-state index contributed by atoms with van der Waals surface area (Å²) in [5.41, 5.74) is 5.16. The van der Waals surface area contributed by atoms with Gasteiger partial charge in [0.05, 0.1) is 16.4 Å². The lowest BCUT2D eigenvalue weighted by atomic mass is 10.1. The van der Waals surface area contributed by atoms with Crippen molar-refractivity contribution >= 4 is 57.4 Å². The quantitative estimate of drug-likeness (QED) is 0.242. The van der Waals surface area contributed by atoms with Crippen molar-refractivity contribution in [2.75, 3.05) is 13.6 Å². The largest absolute Gasteiger partial charge is 0.375 e. The van der Waals surface area contributed by atoms with Crippen molar-refractivity contribution < 1.29 is 4.79 Å². The van der Waals surface area contributed by atoms with Gasteiger partial charge in [-0.15, -0.1) is 11.3 Å². The molecular formula is C26H29Cl2N3OS. The number of halogens is 2. The lowest BCUT2D eigenvalue weighted by Gasteiger charge is -2.19. The SMILES string of the molecule is C=C(c1csc(C(C)=Nc2ccc(Cl)cc2C(C)=O)c1)N(C)CCC.Cc1ccc(Cl)cn1. The average Bonchev–Trinajstić information content (AvgIpc) is 3.27. The van der Waals surface area contributed by atoms with E-state index in [1.807, 2.05) is 26.0 Å². The number of benzene rings is 1. The summed E-state index contributed by atoms with van der Waals surface area (Å²) < 4.78 is 0. The molecule has 3 rings (SSSR count). The number of thiophene rings is 1. The van der Waals surface area contributed by atoms with Gasteiger partial charge < -0.3 is 4.90 Å². The van der Waals surface area contributed by atoms with Gasteiger partial charge in [0, 0.05) is 57.6 Å². The van der Waals surface area contributed by atoms with Crippen LogP contribution in [0.4, 0.5) is 5.69 Å². The van der Waals surface area contributed by atoms with Gasteiger partial charge in [-0.1, -0.05) is 36.7 Å². The summed E-state index contributed by atoms with van der Waals surface area (Å²) in [6.45, 7) is 12.7. The molecule has 33 heavy (non-hydrogen) atoms. The summed E-state index contributed by atoms with van der Waals surface area (Å²) in [6.07, 6.45) is 2.72. The van der Waals surface area contributed by atoms with E-state index in [-0.39, 0.29) is 5.78 Å². The summed E-state index contributed by atoms with van der Waals surface area (Å²) in [7, 11) is 2.05. The van der Waals surface area contributed by atoms with Crippen LogP contribution in [0, 0.1) is 6.92 Å². The van der Waals surface area contributed by atoms with Crippen molar-refractivity contribution in [3.8, 4) is 0 Å². The van der Waals surface area contributed by atoms with Crippen molar-refractivity contribution in [3.05, 3.63) is 86.3 Å². The number of nitrogens with zero attached hydrogens (tertiary/aromatic N) is 3. The van der Waals surface area contributed by atoms with Crippen LogP contribution >= 0.6 is 34.5 Å². The summed E-state index contributed by atoms with van der Waals surface area (Å²) >= 11 is 13.2. The van der Waals surface area contributed by atoms with E-state index in [1.54, 1.807) is 35.7 Å². The highest BCUT2D eigenvalue weighted by Crippen LogP contribution is 2.27. The molecule has 2 aromatic heterocycles. The maximum atomic E-state index is 11.8. The summed E-state index contributed by atoms with van der Waals surface area (Å²) in [4.78, 5) is 23.6. The third kappa shape index (κ3) is 8.11. The first-order chi connectivity index (χ1) is 15.6. The summed E-state index contributed by atoms with van der Waals surface area (Å²) in [5.74, 6) is -0.0458. The minimum atomic E-state index is -0.0458. The average molecular weight is 503 g/mol. The molecule has 0 fully saturated rings. The second-order valence-corrected chi connectivity index (χ2v) is 9.38. The Hall–Kier alpha value is -2.47. The van der Waals surface area contributed by atoms with Crippen molar-refractivity contribution in [2.24, 2.45) is 4.99 Å². The number of aryl methyl sites for hydroxylation is 1. The van der Waals surface area contributed by atoms with Crippen LogP contribution in [0.3, 0.4) is 0 Å². The fourth-order valence-electron chi connectivity index (χ4n) is 2.94. The maximum Gasteiger partial charge on any atom is 0.162 e. The molecule has 0 N–H and O–H groups in total. The molecule has 0 radical (unpaired) electrons. The van der Waals surface area contributed by atoms with Gasteiger partial charge in [-0.05, 0) is 63.6 Å². The summed E-state index contributed by atoms with van der Waals surface area (Å²) in [6, 6.07) is 11.0. The molecule has 0 spiro atoms. The van der Waals surface area contributed by atoms with Crippen LogP contribution in [0.1, 0.15) is 53.7 Å². The van der Waals surface area contributed by atoms with Crippen LogP contribution in [-0.2, 0) is 0 Å². The molecule has 0 unspecified atom stereocenters. The van der Waals surface area contributed by atoms with Crippen molar-refractivity contribution in [1.29, 1.82) is 0 Å². The van der Waals surface area contributed by atoms with Gasteiger partial charge in [0.2, 0.25) is 0 Å². The highest BCUT2D eigenvalue weighted by atomic mass is 35.5. The molecule has 0 aliphatic rings. The topological polar surface area (TPSA) is 45.6 Å². The lowest BCUT2D eigenvalue weighted by molar-refractivity contribution is 0.101. The standard InChI is InChI=1S/C20H23ClN2OS.C6H6ClN/c1-6-9-23(5)14(3)16-10-20(25-12-16)13(2)22-19-8-7-17(21)11-18(19)15(4)24;1-5-2-3-6(7)4-8-5/h7-8,10-12H,3,6,9H2,1-2,4-5H3;2-4H,1H3. The molecule has 0 aliphatic carbocycles. The van der Waals surface area contributed by atoms with Gasteiger partial charge in [-0.2, -0.15) is 0 Å². The Bertz CT molecular complexity index is 1120. The zero-order chi connectivity index (χ0) is 24.5. The highest BCUT2D eigenvalue weighted by molar-refractivity contribution is 7.12. The summed E-state index contributed by atoms with van der Waals surface area (Å²) in [5, 5.41) is 3.32. The third-order valence-corrected chi connectivity index (χ3v) is 6.31. The maximum absolute atomic E-state index is 11.8. The molecule has 2 heterocycles. The Kier molecular flexibility index (Phi) is 10.3. The Morgan fingerprint density at radius 1 is 1.15 bits per heavy atom. The number of Topliss-reactive ketones (excluding diaryl/α,β-unsaturated/α-hetero) is 1. The van der Waals surface area contributed by atoms with E-state index in [2.05, 4.69) is 46.9 Å². The minimum Gasteiger partial charge on any atom is -0.375 e. The molecule has 0 saturated carbocycles.